The van der Waals surface area contributed by atoms with Crippen molar-refractivity contribution in [1.82, 2.24) is 25.5 Å². The van der Waals surface area contributed by atoms with E-state index < -0.39 is 5.82 Å². The minimum absolute atomic E-state index is 0.0180. The van der Waals surface area contributed by atoms with Crippen molar-refractivity contribution in [3.8, 4) is 40.2 Å². The molecular weight excluding hydrogens is 409 g/mol. The molecule has 1 fully saturated rings. The molecule has 0 spiro atoms. The van der Waals surface area contributed by atoms with Crippen molar-refractivity contribution in [3.05, 3.63) is 53.6 Å². The van der Waals surface area contributed by atoms with Gasteiger partial charge in [0.2, 0.25) is 0 Å². The molecule has 8 heteroatoms. The zero-order chi connectivity index (χ0) is 22.1. The van der Waals surface area contributed by atoms with Gasteiger partial charge in [0.1, 0.15) is 22.7 Å². The number of aromatic amines is 2. The molecule has 1 aliphatic heterocycles. The van der Waals surface area contributed by atoms with E-state index in [1.54, 1.807) is 30.5 Å². The summed E-state index contributed by atoms with van der Waals surface area (Å²) in [4.78, 5) is 7.58. The van der Waals surface area contributed by atoms with Crippen LogP contribution in [0.3, 0.4) is 0 Å². The molecule has 162 valence electrons. The Labute approximate surface area is 184 Å². The molecule has 3 heterocycles. The van der Waals surface area contributed by atoms with Crippen molar-refractivity contribution < 1.29 is 14.2 Å². The molecule has 32 heavy (non-hydrogen) atoms. The smallest absolute Gasteiger partial charge is 0.160 e. The number of aromatic hydroxyl groups is 1. The molecule has 0 amide bonds. The van der Waals surface area contributed by atoms with Crippen LogP contribution < -0.4 is 5.32 Å². The fourth-order valence-corrected chi connectivity index (χ4v) is 3.90. The average molecular weight is 431 g/mol. The van der Waals surface area contributed by atoms with Gasteiger partial charge in [0.25, 0.3) is 0 Å². The van der Waals surface area contributed by atoms with Gasteiger partial charge in [-0.15, -0.1) is 0 Å². The summed E-state index contributed by atoms with van der Waals surface area (Å²) < 4.78 is 20.8. The number of imidazole rings is 1. The number of H-pyrrole nitrogens is 2. The third-order valence-electron chi connectivity index (χ3n) is 5.53. The number of rotatable bonds is 3. The monoisotopic (exact) mass is 431 g/mol. The number of phenols is 1. The second-order valence-corrected chi connectivity index (χ2v) is 7.60. The van der Waals surface area contributed by atoms with Crippen molar-refractivity contribution in [3.63, 3.8) is 0 Å². The number of hydrogen-bond donors (Lipinski definition) is 4. The van der Waals surface area contributed by atoms with Crippen molar-refractivity contribution in [2.45, 2.75) is 19.4 Å². The van der Waals surface area contributed by atoms with Gasteiger partial charge in [-0.1, -0.05) is 25.0 Å². The van der Waals surface area contributed by atoms with Gasteiger partial charge in [-0.2, -0.15) is 5.10 Å². The Balaban J connectivity index is 1.48. The SMILES string of the molecule is CCc1cc(O)ccc1-c1ccc2c(-c3nc(C#CC4COCCN4)c[nH]3)n[nH]c2c1F. The highest BCUT2D eigenvalue weighted by atomic mass is 19.1. The number of aryl methyl sites for hydroxylation is 1. The minimum atomic E-state index is -0.392. The topological polar surface area (TPSA) is 98.9 Å². The van der Waals surface area contributed by atoms with Crippen molar-refractivity contribution in [1.29, 1.82) is 0 Å². The molecule has 5 rings (SSSR count). The molecule has 0 saturated carbocycles. The van der Waals surface area contributed by atoms with E-state index in [4.69, 9.17) is 4.74 Å². The molecule has 0 bridgehead atoms. The summed E-state index contributed by atoms with van der Waals surface area (Å²) in [5, 5.41) is 20.8. The molecule has 0 aliphatic carbocycles. The quantitative estimate of drug-likeness (QED) is 0.373. The summed E-state index contributed by atoms with van der Waals surface area (Å²) in [7, 11) is 0. The van der Waals surface area contributed by atoms with E-state index in [9.17, 15) is 5.11 Å². The average Bonchev–Trinajstić information content (AvgIpc) is 3.46. The number of nitrogens with zero attached hydrogens (tertiary/aromatic N) is 2. The van der Waals surface area contributed by atoms with E-state index in [1.165, 1.54) is 0 Å². The standard InChI is InChI=1S/C24H22FN5O2/c1-2-14-11-17(31)5-6-18(14)19-7-8-20-22(21(19)25)29-30-23(20)24-27-12-15(28-24)3-4-16-13-32-10-9-26-16/h5-8,11-12,16,26,31H,2,9-10,13H2,1H3,(H,27,28)(H,29,30). The molecule has 2 aromatic heterocycles. The third-order valence-corrected chi connectivity index (χ3v) is 5.53. The lowest BCUT2D eigenvalue weighted by Gasteiger charge is -2.18. The Bertz CT molecular complexity index is 1340. The number of morpholine rings is 1. The molecule has 1 unspecified atom stereocenters. The summed E-state index contributed by atoms with van der Waals surface area (Å²) in [5.74, 6) is 6.43. The first kappa shape index (κ1) is 20.2. The maximum absolute atomic E-state index is 15.4. The summed E-state index contributed by atoms with van der Waals surface area (Å²) in [6, 6.07) is 8.51. The van der Waals surface area contributed by atoms with Crippen LogP contribution in [0, 0.1) is 17.7 Å². The summed E-state index contributed by atoms with van der Waals surface area (Å²) in [6.07, 6.45) is 2.38. The van der Waals surface area contributed by atoms with Gasteiger partial charge in [-0.25, -0.2) is 9.37 Å². The molecule has 1 aliphatic rings. The van der Waals surface area contributed by atoms with Crippen LogP contribution in [0.4, 0.5) is 4.39 Å². The van der Waals surface area contributed by atoms with Crippen molar-refractivity contribution in [2.24, 2.45) is 0 Å². The van der Waals surface area contributed by atoms with E-state index in [1.807, 2.05) is 13.0 Å². The number of halogens is 1. The lowest BCUT2D eigenvalue weighted by atomic mass is 9.96. The molecule has 0 radical (unpaired) electrons. The van der Waals surface area contributed by atoms with Crippen LogP contribution in [0.25, 0.3) is 33.5 Å². The maximum Gasteiger partial charge on any atom is 0.160 e. The van der Waals surface area contributed by atoms with Crippen LogP contribution in [0.5, 0.6) is 5.75 Å². The van der Waals surface area contributed by atoms with E-state index in [0.29, 0.717) is 53.3 Å². The van der Waals surface area contributed by atoms with Crippen LogP contribution in [0.1, 0.15) is 18.2 Å². The number of fused-ring (bicyclic) bond motifs is 1. The molecular formula is C24H22FN5O2. The second kappa shape index (κ2) is 8.46. The minimum Gasteiger partial charge on any atom is -0.508 e. The van der Waals surface area contributed by atoms with Crippen LogP contribution in [0.15, 0.2) is 36.5 Å². The Morgan fingerprint density at radius 2 is 2.12 bits per heavy atom. The largest absolute Gasteiger partial charge is 0.508 e. The number of phenolic OH excluding ortho intramolecular Hbond substituents is 1. The van der Waals surface area contributed by atoms with Gasteiger partial charge in [0, 0.05) is 23.7 Å². The second-order valence-electron chi connectivity index (χ2n) is 7.60. The van der Waals surface area contributed by atoms with Gasteiger partial charge >= 0.3 is 0 Å². The number of ether oxygens (including phenoxy) is 1. The van der Waals surface area contributed by atoms with Gasteiger partial charge in [0.05, 0.1) is 19.3 Å². The van der Waals surface area contributed by atoms with Crippen LogP contribution in [-0.4, -0.2) is 51.1 Å². The first-order valence-electron chi connectivity index (χ1n) is 10.5. The first-order chi connectivity index (χ1) is 15.6. The molecule has 7 nitrogen and oxygen atoms in total. The predicted molar refractivity (Wildman–Crippen MR) is 120 cm³/mol. The highest BCUT2D eigenvalue weighted by Crippen LogP contribution is 2.34. The predicted octanol–water partition coefficient (Wildman–Crippen LogP) is 3.37. The molecule has 4 N–H and O–H groups in total. The number of nitrogens with one attached hydrogen (secondary N) is 3. The zero-order valence-electron chi connectivity index (χ0n) is 17.5. The molecule has 4 aromatic rings. The number of hydrogen-bond acceptors (Lipinski definition) is 5. The Hall–Kier alpha value is -3.67. The van der Waals surface area contributed by atoms with Gasteiger partial charge in [-0.05, 0) is 41.7 Å². The van der Waals surface area contributed by atoms with E-state index in [2.05, 4.69) is 37.3 Å². The van der Waals surface area contributed by atoms with E-state index in [0.717, 1.165) is 17.7 Å². The first-order valence-corrected chi connectivity index (χ1v) is 10.5. The number of benzene rings is 2. The highest BCUT2D eigenvalue weighted by Gasteiger charge is 2.19. The fourth-order valence-electron chi connectivity index (χ4n) is 3.90. The van der Waals surface area contributed by atoms with Crippen molar-refractivity contribution >= 4 is 10.9 Å². The van der Waals surface area contributed by atoms with Crippen LogP contribution in [-0.2, 0) is 11.2 Å². The summed E-state index contributed by atoms with van der Waals surface area (Å²) in [5.41, 5.74) is 3.49. The molecule has 1 saturated heterocycles. The molecule has 1 atom stereocenters. The Kier molecular flexibility index (Phi) is 5.35. The van der Waals surface area contributed by atoms with Crippen molar-refractivity contribution in [2.75, 3.05) is 19.8 Å². The van der Waals surface area contributed by atoms with Gasteiger partial charge in [0.15, 0.2) is 11.6 Å². The lowest BCUT2D eigenvalue weighted by Crippen LogP contribution is -2.40. The Morgan fingerprint density at radius 3 is 2.94 bits per heavy atom. The summed E-state index contributed by atoms with van der Waals surface area (Å²) in [6.45, 7) is 4.00. The molecule has 2 aromatic carbocycles. The van der Waals surface area contributed by atoms with E-state index in [-0.39, 0.29) is 11.8 Å². The summed E-state index contributed by atoms with van der Waals surface area (Å²) >= 11 is 0. The normalized spacial score (nSPS) is 16.1. The maximum atomic E-state index is 15.4. The lowest BCUT2D eigenvalue weighted by molar-refractivity contribution is 0.0925. The number of aromatic nitrogens is 4. The van der Waals surface area contributed by atoms with Gasteiger partial charge in [-0.3, -0.25) is 10.4 Å². The highest BCUT2D eigenvalue weighted by molar-refractivity contribution is 5.94. The third kappa shape index (κ3) is 3.73. The zero-order valence-corrected chi connectivity index (χ0v) is 17.5. The van der Waals surface area contributed by atoms with E-state index >= 15 is 4.39 Å². The fraction of sp³-hybridized carbons (Fsp3) is 0.250. The van der Waals surface area contributed by atoms with Gasteiger partial charge < -0.3 is 14.8 Å². The Morgan fingerprint density at radius 1 is 1.25 bits per heavy atom. The van der Waals surface area contributed by atoms with Crippen LogP contribution in [0.2, 0.25) is 0 Å². The van der Waals surface area contributed by atoms with Crippen LogP contribution >= 0.6 is 0 Å².